The molecule has 2 rings (SSSR count). The van der Waals surface area contributed by atoms with E-state index < -0.39 is 0 Å². The van der Waals surface area contributed by atoms with Gasteiger partial charge in [-0.2, -0.15) is 0 Å². The summed E-state index contributed by atoms with van der Waals surface area (Å²) in [7, 11) is 0. The molecule has 0 heterocycles. The lowest BCUT2D eigenvalue weighted by molar-refractivity contribution is 0.0987. The molecule has 0 amide bonds. The predicted molar refractivity (Wildman–Crippen MR) is 90.0 cm³/mol. The maximum absolute atomic E-state index is 12.4. The number of carbonyl (C=O) groups excluding carboxylic acids is 1. The average molecular weight is 282 g/mol. The summed E-state index contributed by atoms with van der Waals surface area (Å²) in [5.74, 6) is 0.492. The van der Waals surface area contributed by atoms with Gasteiger partial charge in [0.05, 0.1) is 0 Å². The van der Waals surface area contributed by atoms with Gasteiger partial charge in [-0.1, -0.05) is 63.1 Å². The summed E-state index contributed by atoms with van der Waals surface area (Å²) in [4.78, 5) is 12.4. The van der Waals surface area contributed by atoms with Crippen molar-refractivity contribution in [2.24, 2.45) is 0 Å². The highest BCUT2D eigenvalue weighted by Crippen LogP contribution is 2.36. The van der Waals surface area contributed by atoms with E-state index >= 15 is 0 Å². The van der Waals surface area contributed by atoms with Gasteiger partial charge in [-0.3, -0.25) is 4.79 Å². The zero-order valence-corrected chi connectivity index (χ0v) is 14.1. The second kappa shape index (κ2) is 5.63. The lowest BCUT2D eigenvalue weighted by Gasteiger charge is -2.23. The summed E-state index contributed by atoms with van der Waals surface area (Å²) in [6, 6.07) is 6.44. The van der Waals surface area contributed by atoms with E-state index in [1.807, 2.05) is 6.92 Å². The van der Waals surface area contributed by atoms with E-state index in [9.17, 15) is 4.79 Å². The Labute approximate surface area is 128 Å². The average Bonchev–Trinajstić information content (AvgIpc) is 2.75. The van der Waals surface area contributed by atoms with Gasteiger partial charge in [0, 0.05) is 17.9 Å². The first kappa shape index (κ1) is 15.8. The molecule has 0 saturated heterocycles. The van der Waals surface area contributed by atoms with Crippen LogP contribution in [0, 0.1) is 0 Å². The molecule has 1 aliphatic rings. The highest BCUT2D eigenvalue weighted by Gasteiger charge is 2.23. The van der Waals surface area contributed by atoms with E-state index in [0.29, 0.717) is 6.42 Å². The van der Waals surface area contributed by atoms with Crippen LogP contribution in [0.3, 0.4) is 0 Å². The Hall–Kier alpha value is -1.63. The molecule has 1 heteroatoms. The van der Waals surface area contributed by atoms with Gasteiger partial charge in [0.1, 0.15) is 0 Å². The minimum Gasteiger partial charge on any atom is -0.294 e. The van der Waals surface area contributed by atoms with Crippen LogP contribution in [0.1, 0.15) is 75.4 Å². The molecule has 1 aliphatic carbocycles. The highest BCUT2D eigenvalue weighted by atomic mass is 16.1. The van der Waals surface area contributed by atoms with Gasteiger partial charge in [-0.25, -0.2) is 0 Å². The lowest BCUT2D eigenvalue weighted by Crippen LogP contribution is -2.14. The summed E-state index contributed by atoms with van der Waals surface area (Å²) in [5.41, 5.74) is 5.94. The van der Waals surface area contributed by atoms with E-state index in [-0.39, 0.29) is 17.1 Å². The topological polar surface area (TPSA) is 17.1 Å². The van der Waals surface area contributed by atoms with Gasteiger partial charge < -0.3 is 0 Å². The fourth-order valence-corrected chi connectivity index (χ4v) is 2.95. The smallest absolute Gasteiger partial charge is 0.162 e. The summed E-state index contributed by atoms with van der Waals surface area (Å²) >= 11 is 0. The van der Waals surface area contributed by atoms with E-state index in [0.717, 1.165) is 11.1 Å². The third-order valence-electron chi connectivity index (χ3n) is 4.25. The first-order valence-corrected chi connectivity index (χ1v) is 7.78. The molecule has 1 aromatic rings. The second-order valence-corrected chi connectivity index (χ2v) is 7.11. The van der Waals surface area contributed by atoms with Crippen molar-refractivity contribution >= 4 is 5.78 Å². The minimum absolute atomic E-state index is 0.0631. The summed E-state index contributed by atoms with van der Waals surface area (Å²) in [6.45, 7) is 12.8. The third kappa shape index (κ3) is 3.18. The number of allylic oxidation sites excluding steroid dienone is 4. The van der Waals surface area contributed by atoms with E-state index in [1.165, 1.54) is 16.7 Å². The van der Waals surface area contributed by atoms with E-state index in [4.69, 9.17) is 0 Å². The molecular formula is C20H26O. The SMILES string of the molecule is CCC(=O)c1cc(C(C)(C)C)ccc1C1C=C(C)C=C1C. The monoisotopic (exact) mass is 282 g/mol. The summed E-state index contributed by atoms with van der Waals surface area (Å²) in [5, 5.41) is 0. The molecule has 1 atom stereocenters. The fourth-order valence-electron chi connectivity index (χ4n) is 2.95. The largest absolute Gasteiger partial charge is 0.294 e. The van der Waals surface area contributed by atoms with Crippen molar-refractivity contribution in [3.05, 3.63) is 58.2 Å². The molecule has 0 fully saturated rings. The van der Waals surface area contributed by atoms with Gasteiger partial charge in [-0.15, -0.1) is 0 Å². The Kier molecular flexibility index (Phi) is 4.22. The Morgan fingerprint density at radius 2 is 1.86 bits per heavy atom. The van der Waals surface area contributed by atoms with Crippen molar-refractivity contribution in [3.8, 4) is 0 Å². The fraction of sp³-hybridized carbons (Fsp3) is 0.450. The Morgan fingerprint density at radius 1 is 1.19 bits per heavy atom. The molecule has 0 aliphatic heterocycles. The zero-order valence-electron chi connectivity index (χ0n) is 14.1. The van der Waals surface area contributed by atoms with Crippen LogP contribution >= 0.6 is 0 Å². The van der Waals surface area contributed by atoms with Gasteiger partial charge in [0.25, 0.3) is 0 Å². The summed E-state index contributed by atoms with van der Waals surface area (Å²) in [6.07, 6.45) is 5.02. The molecule has 21 heavy (non-hydrogen) atoms. The number of Topliss-reactive ketones (excluding diaryl/α,β-unsaturated/α-hetero) is 1. The van der Waals surface area contributed by atoms with E-state index in [2.05, 4.69) is 65.0 Å². The first-order valence-electron chi connectivity index (χ1n) is 7.78. The van der Waals surface area contributed by atoms with Gasteiger partial charge in [0.2, 0.25) is 0 Å². The standard InChI is InChI=1S/C20H26O/c1-7-19(21)18-12-15(20(4,5)6)8-9-16(18)17-11-13(2)10-14(17)3/h8-12,17H,7H2,1-6H3. The van der Waals surface area contributed by atoms with Crippen LogP contribution in [0.4, 0.5) is 0 Å². The number of benzene rings is 1. The Balaban J connectivity index is 2.57. The molecule has 0 spiro atoms. The van der Waals surface area contributed by atoms with Crippen molar-refractivity contribution < 1.29 is 4.79 Å². The van der Waals surface area contributed by atoms with Crippen LogP contribution in [-0.4, -0.2) is 5.78 Å². The normalized spacial score (nSPS) is 18.5. The van der Waals surface area contributed by atoms with Crippen molar-refractivity contribution in [1.82, 2.24) is 0 Å². The van der Waals surface area contributed by atoms with Crippen LogP contribution in [0.2, 0.25) is 0 Å². The van der Waals surface area contributed by atoms with Crippen molar-refractivity contribution in [1.29, 1.82) is 0 Å². The number of ketones is 1. The van der Waals surface area contributed by atoms with Gasteiger partial charge in [0.15, 0.2) is 5.78 Å². The molecule has 1 nitrogen and oxygen atoms in total. The van der Waals surface area contributed by atoms with Crippen LogP contribution in [0.15, 0.2) is 41.5 Å². The molecule has 112 valence electrons. The Bertz CT molecular complexity index is 624. The molecule has 0 bridgehead atoms. The number of hydrogen-bond acceptors (Lipinski definition) is 1. The van der Waals surface area contributed by atoms with E-state index in [1.54, 1.807) is 0 Å². The van der Waals surface area contributed by atoms with Crippen molar-refractivity contribution in [3.63, 3.8) is 0 Å². The maximum atomic E-state index is 12.4. The van der Waals surface area contributed by atoms with Gasteiger partial charge >= 0.3 is 0 Å². The van der Waals surface area contributed by atoms with Gasteiger partial charge in [-0.05, 0) is 36.5 Å². The Morgan fingerprint density at radius 3 is 2.33 bits per heavy atom. The second-order valence-electron chi connectivity index (χ2n) is 7.11. The number of rotatable bonds is 3. The van der Waals surface area contributed by atoms with Crippen LogP contribution in [0.25, 0.3) is 0 Å². The quantitative estimate of drug-likeness (QED) is 0.663. The maximum Gasteiger partial charge on any atom is 0.162 e. The zero-order chi connectivity index (χ0) is 15.8. The first-order chi connectivity index (χ1) is 9.74. The molecule has 0 N–H and O–H groups in total. The summed E-state index contributed by atoms with van der Waals surface area (Å²) < 4.78 is 0. The predicted octanol–water partition coefficient (Wildman–Crippen LogP) is 5.57. The molecule has 1 unspecified atom stereocenters. The highest BCUT2D eigenvalue weighted by molar-refractivity contribution is 5.98. The molecule has 1 aromatic carbocycles. The van der Waals surface area contributed by atoms with Crippen molar-refractivity contribution in [2.75, 3.05) is 0 Å². The third-order valence-corrected chi connectivity index (χ3v) is 4.25. The van der Waals surface area contributed by atoms with Crippen LogP contribution in [-0.2, 0) is 5.41 Å². The molecule has 0 radical (unpaired) electrons. The number of hydrogen-bond donors (Lipinski definition) is 0. The molecular weight excluding hydrogens is 256 g/mol. The molecule has 0 saturated carbocycles. The van der Waals surface area contributed by atoms with Crippen LogP contribution < -0.4 is 0 Å². The minimum atomic E-state index is 0.0631. The van der Waals surface area contributed by atoms with Crippen LogP contribution in [0.5, 0.6) is 0 Å². The lowest BCUT2D eigenvalue weighted by atomic mass is 9.81. The number of carbonyl (C=O) groups is 1. The van der Waals surface area contributed by atoms with Crippen molar-refractivity contribution in [2.45, 2.75) is 59.3 Å². The molecule has 0 aromatic heterocycles.